The van der Waals surface area contributed by atoms with E-state index < -0.39 is 17.7 Å². The Hall–Kier alpha value is -4.06. The largest absolute Gasteiger partial charge is 0.507 e. The van der Waals surface area contributed by atoms with Gasteiger partial charge in [0.15, 0.2) is 0 Å². The Morgan fingerprint density at radius 3 is 2.22 bits per heavy atom. The lowest BCUT2D eigenvalue weighted by molar-refractivity contribution is -0.140. The first-order chi connectivity index (χ1) is 17.3. The highest BCUT2D eigenvalue weighted by Crippen LogP contribution is 2.42. The predicted octanol–water partition coefficient (Wildman–Crippen LogP) is 5.76. The number of hydrogen-bond donors (Lipinski definition) is 1. The summed E-state index contributed by atoms with van der Waals surface area (Å²) in [6.45, 7) is 6.08. The first-order valence-corrected chi connectivity index (χ1v) is 11.9. The number of carbonyl (C=O) groups excluding carboxylic acids is 2. The van der Waals surface area contributed by atoms with E-state index in [0.29, 0.717) is 11.3 Å². The van der Waals surface area contributed by atoms with Crippen molar-refractivity contribution in [1.82, 2.24) is 4.90 Å². The summed E-state index contributed by atoms with van der Waals surface area (Å²) in [6.07, 6.45) is 0. The van der Waals surface area contributed by atoms with Crippen molar-refractivity contribution < 1.29 is 24.2 Å². The lowest BCUT2D eigenvalue weighted by atomic mass is 9.91. The average molecular weight is 486 g/mol. The molecule has 1 atom stereocenters. The number of nitrogens with zero attached hydrogens (tertiary/aromatic N) is 1. The third kappa shape index (κ3) is 4.47. The minimum atomic E-state index is -0.750. The first kappa shape index (κ1) is 25.0. The number of hydrogen-bond acceptors (Lipinski definition) is 5. The van der Waals surface area contributed by atoms with Gasteiger partial charge in [-0.25, -0.2) is 0 Å². The molecule has 1 unspecified atom stereocenters. The van der Waals surface area contributed by atoms with Crippen LogP contribution in [0, 0.1) is 6.92 Å². The van der Waals surface area contributed by atoms with E-state index in [2.05, 4.69) is 0 Å². The van der Waals surface area contributed by atoms with E-state index >= 15 is 0 Å². The van der Waals surface area contributed by atoms with Crippen LogP contribution in [0.15, 0.2) is 72.3 Å². The number of Topliss-reactive ketones (excluding diaryl/α,β-unsaturated/α-hetero) is 1. The van der Waals surface area contributed by atoms with E-state index in [-0.39, 0.29) is 23.8 Å². The van der Waals surface area contributed by atoms with Crippen LogP contribution in [0.2, 0.25) is 0 Å². The molecular weight excluding hydrogens is 454 g/mol. The SMILES string of the molecule is COc1ccccc1CN1C(=O)C(=O)/C(=C(/O)c2cc(C(C)C)c(OC)cc2C)C1c1ccccc1. The summed E-state index contributed by atoms with van der Waals surface area (Å²) in [6, 6.07) is 19.7. The fourth-order valence-corrected chi connectivity index (χ4v) is 4.77. The smallest absolute Gasteiger partial charge is 0.295 e. The van der Waals surface area contributed by atoms with Crippen molar-refractivity contribution in [3.8, 4) is 11.5 Å². The number of likely N-dealkylation sites (tertiary alicyclic amines) is 1. The van der Waals surface area contributed by atoms with Gasteiger partial charge in [0.1, 0.15) is 17.3 Å². The molecule has 6 heteroatoms. The molecule has 0 spiro atoms. The fourth-order valence-electron chi connectivity index (χ4n) is 4.77. The van der Waals surface area contributed by atoms with Gasteiger partial charge >= 0.3 is 0 Å². The average Bonchev–Trinajstić information content (AvgIpc) is 3.13. The van der Waals surface area contributed by atoms with E-state index in [1.165, 1.54) is 4.90 Å². The number of rotatable bonds is 7. The van der Waals surface area contributed by atoms with Crippen molar-refractivity contribution >= 4 is 17.4 Å². The van der Waals surface area contributed by atoms with Gasteiger partial charge in [-0.05, 0) is 47.7 Å². The maximum atomic E-state index is 13.4. The molecule has 1 N–H and O–H groups in total. The third-order valence-electron chi connectivity index (χ3n) is 6.64. The van der Waals surface area contributed by atoms with Crippen molar-refractivity contribution in [1.29, 1.82) is 0 Å². The van der Waals surface area contributed by atoms with Crippen molar-refractivity contribution in [3.05, 3.63) is 100 Å². The Bertz CT molecular complexity index is 1330. The Morgan fingerprint density at radius 1 is 0.944 bits per heavy atom. The van der Waals surface area contributed by atoms with Crippen LogP contribution in [0.25, 0.3) is 5.76 Å². The van der Waals surface area contributed by atoms with Crippen LogP contribution < -0.4 is 9.47 Å². The second-order valence-corrected chi connectivity index (χ2v) is 9.21. The molecule has 1 heterocycles. The Kier molecular flexibility index (Phi) is 7.15. The lowest BCUT2D eigenvalue weighted by Crippen LogP contribution is -2.29. The van der Waals surface area contributed by atoms with Gasteiger partial charge in [-0.1, -0.05) is 62.4 Å². The zero-order chi connectivity index (χ0) is 26.0. The van der Waals surface area contributed by atoms with Gasteiger partial charge in [-0.2, -0.15) is 0 Å². The van der Waals surface area contributed by atoms with Gasteiger partial charge in [0.25, 0.3) is 11.7 Å². The third-order valence-corrected chi connectivity index (χ3v) is 6.64. The molecular formula is C30H31NO5. The van der Waals surface area contributed by atoms with E-state index in [0.717, 1.165) is 28.0 Å². The van der Waals surface area contributed by atoms with Crippen molar-refractivity contribution in [2.24, 2.45) is 0 Å². The Balaban J connectivity index is 1.91. The quantitative estimate of drug-likeness (QED) is 0.262. The molecule has 36 heavy (non-hydrogen) atoms. The van der Waals surface area contributed by atoms with Crippen LogP contribution in [0.5, 0.6) is 11.5 Å². The Morgan fingerprint density at radius 2 is 1.58 bits per heavy atom. The molecule has 6 nitrogen and oxygen atoms in total. The van der Waals surface area contributed by atoms with Gasteiger partial charge in [0.2, 0.25) is 0 Å². The molecule has 0 aromatic heterocycles. The zero-order valence-corrected chi connectivity index (χ0v) is 21.2. The van der Waals surface area contributed by atoms with E-state index in [9.17, 15) is 14.7 Å². The molecule has 1 aliphatic heterocycles. The minimum Gasteiger partial charge on any atom is -0.507 e. The normalized spacial score (nSPS) is 17.1. The number of amides is 1. The van der Waals surface area contributed by atoms with Crippen molar-refractivity contribution in [3.63, 3.8) is 0 Å². The van der Waals surface area contributed by atoms with Gasteiger partial charge in [0, 0.05) is 11.1 Å². The molecule has 1 fully saturated rings. The number of para-hydroxylation sites is 1. The maximum absolute atomic E-state index is 13.4. The monoisotopic (exact) mass is 485 g/mol. The number of carbonyl (C=O) groups is 2. The molecule has 0 aliphatic carbocycles. The van der Waals surface area contributed by atoms with Crippen LogP contribution >= 0.6 is 0 Å². The molecule has 186 valence electrons. The number of aliphatic hydroxyl groups excluding tert-OH is 1. The van der Waals surface area contributed by atoms with E-state index in [1.54, 1.807) is 14.2 Å². The van der Waals surface area contributed by atoms with E-state index in [1.807, 2.05) is 87.5 Å². The van der Waals surface area contributed by atoms with Gasteiger partial charge < -0.3 is 19.5 Å². The molecule has 4 rings (SSSR count). The summed E-state index contributed by atoms with van der Waals surface area (Å²) in [4.78, 5) is 28.3. The summed E-state index contributed by atoms with van der Waals surface area (Å²) >= 11 is 0. The van der Waals surface area contributed by atoms with Crippen molar-refractivity contribution in [2.45, 2.75) is 39.3 Å². The van der Waals surface area contributed by atoms with Gasteiger partial charge in [-0.3, -0.25) is 9.59 Å². The number of ether oxygens (including phenoxy) is 2. The molecule has 1 saturated heterocycles. The standard InChI is InChI=1S/C30H31NO5/c1-18(2)22-16-23(19(3)15-25(22)36-5)28(32)26-27(20-11-7-6-8-12-20)31(30(34)29(26)33)17-21-13-9-10-14-24(21)35-4/h6-16,18,27,32H,17H2,1-5H3/b28-26+. The van der Waals surface area contributed by atoms with Crippen LogP contribution in [0.3, 0.4) is 0 Å². The summed E-state index contributed by atoms with van der Waals surface area (Å²) in [5, 5.41) is 11.6. The summed E-state index contributed by atoms with van der Waals surface area (Å²) < 4.78 is 11.0. The molecule has 0 saturated carbocycles. The second-order valence-electron chi connectivity index (χ2n) is 9.21. The number of ketones is 1. The molecule has 0 bridgehead atoms. The zero-order valence-electron chi connectivity index (χ0n) is 21.2. The first-order valence-electron chi connectivity index (χ1n) is 11.9. The number of benzene rings is 3. The molecule has 0 radical (unpaired) electrons. The lowest BCUT2D eigenvalue weighted by Gasteiger charge is -2.26. The molecule has 1 amide bonds. The molecule has 3 aromatic carbocycles. The van der Waals surface area contributed by atoms with Gasteiger partial charge in [0.05, 0.1) is 32.4 Å². The number of aryl methyl sites for hydroxylation is 1. The van der Waals surface area contributed by atoms with Crippen LogP contribution in [0.1, 0.15) is 53.6 Å². The van der Waals surface area contributed by atoms with Crippen LogP contribution in [0.4, 0.5) is 0 Å². The highest BCUT2D eigenvalue weighted by Gasteiger charge is 2.46. The number of methoxy groups -OCH3 is 2. The fraction of sp³-hybridized carbons (Fsp3) is 0.267. The van der Waals surface area contributed by atoms with Crippen molar-refractivity contribution in [2.75, 3.05) is 14.2 Å². The highest BCUT2D eigenvalue weighted by atomic mass is 16.5. The Labute approximate surface area is 211 Å². The number of aliphatic hydroxyl groups is 1. The predicted molar refractivity (Wildman–Crippen MR) is 139 cm³/mol. The minimum absolute atomic E-state index is 0.0732. The maximum Gasteiger partial charge on any atom is 0.295 e. The summed E-state index contributed by atoms with van der Waals surface area (Å²) in [7, 11) is 3.18. The highest BCUT2D eigenvalue weighted by molar-refractivity contribution is 6.46. The van der Waals surface area contributed by atoms with Gasteiger partial charge in [-0.15, -0.1) is 0 Å². The van der Waals surface area contributed by atoms with Crippen LogP contribution in [-0.2, 0) is 16.1 Å². The second kappa shape index (κ2) is 10.3. The molecule has 3 aromatic rings. The van der Waals surface area contributed by atoms with E-state index in [4.69, 9.17) is 9.47 Å². The topological polar surface area (TPSA) is 76.1 Å². The summed E-state index contributed by atoms with van der Waals surface area (Å²) in [5.74, 6) is -0.0880. The molecule has 1 aliphatic rings. The summed E-state index contributed by atoms with van der Waals surface area (Å²) in [5.41, 5.74) is 3.74. The van der Waals surface area contributed by atoms with Crippen LogP contribution in [-0.4, -0.2) is 35.9 Å².